The molecular weight excluding hydrogens is 274 g/mol. The molecule has 1 N–H and O–H groups in total. The summed E-state index contributed by atoms with van der Waals surface area (Å²) in [7, 11) is 1.53. The predicted molar refractivity (Wildman–Crippen MR) is 75.2 cm³/mol. The monoisotopic (exact) mass is 295 g/mol. The summed E-state index contributed by atoms with van der Waals surface area (Å²) >= 11 is 0. The Morgan fingerprint density at radius 1 is 1.48 bits per heavy atom. The molecule has 21 heavy (non-hydrogen) atoms. The fourth-order valence-electron chi connectivity index (χ4n) is 2.63. The zero-order chi connectivity index (χ0) is 15.6. The molecule has 0 aliphatic carbocycles. The SMILES string of the molecule is CCc1cc(C(=O)N2CC(OC)CC2C(=O)O)n(CC)n1. The normalized spacial score (nSPS) is 21.8. The Morgan fingerprint density at radius 2 is 2.19 bits per heavy atom. The second-order valence-corrected chi connectivity index (χ2v) is 5.10. The summed E-state index contributed by atoms with van der Waals surface area (Å²) in [6.07, 6.45) is 0.813. The summed E-state index contributed by atoms with van der Waals surface area (Å²) in [5, 5.41) is 13.6. The summed E-state index contributed by atoms with van der Waals surface area (Å²) in [6, 6.07) is 0.901. The number of carbonyl (C=O) groups excluding carboxylic acids is 1. The number of aromatic nitrogens is 2. The molecule has 1 aromatic rings. The fourth-order valence-corrected chi connectivity index (χ4v) is 2.63. The number of methoxy groups -OCH3 is 1. The maximum absolute atomic E-state index is 12.7. The maximum atomic E-state index is 12.7. The first kappa shape index (κ1) is 15.5. The van der Waals surface area contributed by atoms with Crippen molar-refractivity contribution in [3.05, 3.63) is 17.5 Å². The molecule has 1 saturated heterocycles. The van der Waals surface area contributed by atoms with Crippen LogP contribution in [0.25, 0.3) is 0 Å². The molecule has 116 valence electrons. The van der Waals surface area contributed by atoms with E-state index in [0.29, 0.717) is 25.2 Å². The van der Waals surface area contributed by atoms with Crippen LogP contribution in [-0.4, -0.2) is 57.5 Å². The van der Waals surface area contributed by atoms with Crippen LogP contribution >= 0.6 is 0 Å². The number of hydrogen-bond acceptors (Lipinski definition) is 4. The van der Waals surface area contributed by atoms with Crippen molar-refractivity contribution in [1.29, 1.82) is 0 Å². The Balaban J connectivity index is 2.29. The molecule has 7 heteroatoms. The van der Waals surface area contributed by atoms with E-state index in [1.54, 1.807) is 10.7 Å². The quantitative estimate of drug-likeness (QED) is 0.867. The summed E-state index contributed by atoms with van der Waals surface area (Å²) in [4.78, 5) is 25.4. The zero-order valence-corrected chi connectivity index (χ0v) is 12.6. The van der Waals surface area contributed by atoms with Gasteiger partial charge >= 0.3 is 5.97 Å². The Hall–Kier alpha value is -1.89. The van der Waals surface area contributed by atoms with Gasteiger partial charge < -0.3 is 14.7 Å². The van der Waals surface area contributed by atoms with Crippen LogP contribution in [0.1, 0.15) is 36.5 Å². The van der Waals surface area contributed by atoms with Gasteiger partial charge in [0.05, 0.1) is 11.8 Å². The number of aryl methyl sites for hydroxylation is 2. The molecule has 1 aromatic heterocycles. The molecule has 0 saturated carbocycles. The van der Waals surface area contributed by atoms with Crippen LogP contribution in [0.15, 0.2) is 6.07 Å². The predicted octanol–water partition coefficient (Wildman–Crippen LogP) is 0.779. The van der Waals surface area contributed by atoms with Gasteiger partial charge in [0.15, 0.2) is 0 Å². The van der Waals surface area contributed by atoms with Gasteiger partial charge in [0.25, 0.3) is 5.91 Å². The summed E-state index contributed by atoms with van der Waals surface area (Å²) in [5.74, 6) is -1.29. The van der Waals surface area contributed by atoms with E-state index in [4.69, 9.17) is 4.74 Å². The van der Waals surface area contributed by atoms with Gasteiger partial charge in [0.1, 0.15) is 11.7 Å². The Morgan fingerprint density at radius 3 is 2.71 bits per heavy atom. The van der Waals surface area contributed by atoms with Crippen molar-refractivity contribution in [2.75, 3.05) is 13.7 Å². The van der Waals surface area contributed by atoms with Gasteiger partial charge in [-0.25, -0.2) is 4.79 Å². The molecule has 1 aliphatic heterocycles. The Bertz CT molecular complexity index is 540. The van der Waals surface area contributed by atoms with Crippen LogP contribution < -0.4 is 0 Å². The number of likely N-dealkylation sites (tertiary alicyclic amines) is 1. The first-order valence-electron chi connectivity index (χ1n) is 7.15. The van der Waals surface area contributed by atoms with Crippen molar-refractivity contribution in [3.8, 4) is 0 Å². The first-order valence-corrected chi connectivity index (χ1v) is 7.15. The number of carboxylic acids is 1. The minimum absolute atomic E-state index is 0.237. The lowest BCUT2D eigenvalue weighted by Crippen LogP contribution is -2.41. The van der Waals surface area contributed by atoms with E-state index in [1.807, 2.05) is 13.8 Å². The third-order valence-corrected chi connectivity index (χ3v) is 3.85. The average Bonchev–Trinajstić information content (AvgIpc) is 3.10. The minimum Gasteiger partial charge on any atom is -0.480 e. The van der Waals surface area contributed by atoms with Crippen LogP contribution in [0.2, 0.25) is 0 Å². The number of aliphatic carboxylic acids is 1. The highest BCUT2D eigenvalue weighted by Crippen LogP contribution is 2.23. The molecular formula is C14H21N3O4. The van der Waals surface area contributed by atoms with E-state index in [0.717, 1.165) is 12.1 Å². The van der Waals surface area contributed by atoms with E-state index < -0.39 is 12.0 Å². The molecule has 0 aromatic carbocycles. The van der Waals surface area contributed by atoms with Crippen LogP contribution in [-0.2, 0) is 22.5 Å². The second kappa shape index (κ2) is 6.26. The van der Waals surface area contributed by atoms with Gasteiger partial charge in [-0.1, -0.05) is 6.92 Å². The zero-order valence-electron chi connectivity index (χ0n) is 12.6. The number of rotatable bonds is 5. The van der Waals surface area contributed by atoms with Gasteiger partial charge in [-0.05, 0) is 19.4 Å². The molecule has 7 nitrogen and oxygen atoms in total. The van der Waals surface area contributed by atoms with E-state index in [2.05, 4.69) is 5.10 Å². The summed E-state index contributed by atoms with van der Waals surface area (Å²) in [6.45, 7) is 4.73. The number of carbonyl (C=O) groups is 2. The molecule has 2 heterocycles. The molecule has 0 bridgehead atoms. The third kappa shape index (κ3) is 2.92. The molecule has 2 rings (SSSR count). The highest BCUT2D eigenvalue weighted by atomic mass is 16.5. The van der Waals surface area contributed by atoms with Crippen LogP contribution in [0.5, 0.6) is 0 Å². The largest absolute Gasteiger partial charge is 0.480 e. The average molecular weight is 295 g/mol. The number of carboxylic acid groups (broad SMARTS) is 1. The van der Waals surface area contributed by atoms with Crippen LogP contribution in [0.3, 0.4) is 0 Å². The molecule has 1 aliphatic rings. The van der Waals surface area contributed by atoms with Gasteiger partial charge in [-0.3, -0.25) is 9.48 Å². The van der Waals surface area contributed by atoms with Gasteiger partial charge in [0.2, 0.25) is 0 Å². The lowest BCUT2D eigenvalue weighted by molar-refractivity contribution is -0.141. The summed E-state index contributed by atoms with van der Waals surface area (Å²) in [5.41, 5.74) is 1.27. The van der Waals surface area contributed by atoms with Crippen LogP contribution in [0.4, 0.5) is 0 Å². The van der Waals surface area contributed by atoms with Crippen molar-refractivity contribution in [3.63, 3.8) is 0 Å². The van der Waals surface area contributed by atoms with Crippen molar-refractivity contribution < 1.29 is 19.4 Å². The number of nitrogens with zero attached hydrogens (tertiary/aromatic N) is 3. The van der Waals surface area contributed by atoms with E-state index in [-0.39, 0.29) is 12.0 Å². The molecule has 0 spiro atoms. The Labute approximate surface area is 123 Å². The molecule has 0 radical (unpaired) electrons. The molecule has 2 unspecified atom stereocenters. The van der Waals surface area contributed by atoms with E-state index >= 15 is 0 Å². The summed E-state index contributed by atoms with van der Waals surface area (Å²) < 4.78 is 6.84. The fraction of sp³-hybridized carbons (Fsp3) is 0.643. The number of amides is 1. The van der Waals surface area contributed by atoms with Crippen molar-refractivity contribution in [2.45, 2.75) is 45.4 Å². The van der Waals surface area contributed by atoms with Gasteiger partial charge in [-0.15, -0.1) is 0 Å². The lowest BCUT2D eigenvalue weighted by Gasteiger charge is -2.21. The highest BCUT2D eigenvalue weighted by molar-refractivity contribution is 5.95. The lowest BCUT2D eigenvalue weighted by atomic mass is 10.2. The third-order valence-electron chi connectivity index (χ3n) is 3.85. The van der Waals surface area contributed by atoms with Crippen LogP contribution in [0, 0.1) is 0 Å². The standard InChI is InChI=1S/C14H21N3O4/c1-4-9-6-11(17(5-2)15-9)13(18)16-8-10(21-3)7-12(16)14(19)20/h6,10,12H,4-5,7-8H2,1-3H3,(H,19,20). The van der Waals surface area contributed by atoms with Crippen molar-refractivity contribution >= 4 is 11.9 Å². The topological polar surface area (TPSA) is 84.7 Å². The molecule has 2 atom stereocenters. The van der Waals surface area contributed by atoms with Crippen molar-refractivity contribution in [2.24, 2.45) is 0 Å². The van der Waals surface area contributed by atoms with Gasteiger partial charge in [-0.2, -0.15) is 5.10 Å². The van der Waals surface area contributed by atoms with Crippen molar-refractivity contribution in [1.82, 2.24) is 14.7 Å². The smallest absolute Gasteiger partial charge is 0.326 e. The molecule has 1 fully saturated rings. The Kier molecular flexibility index (Phi) is 4.62. The van der Waals surface area contributed by atoms with E-state index in [9.17, 15) is 14.7 Å². The minimum atomic E-state index is -0.999. The maximum Gasteiger partial charge on any atom is 0.326 e. The van der Waals surface area contributed by atoms with E-state index in [1.165, 1.54) is 12.0 Å². The number of ether oxygens (including phenoxy) is 1. The first-order chi connectivity index (χ1) is 10.0. The number of hydrogen-bond donors (Lipinski definition) is 1. The molecule has 1 amide bonds. The van der Waals surface area contributed by atoms with Gasteiger partial charge in [0, 0.05) is 26.6 Å². The second-order valence-electron chi connectivity index (χ2n) is 5.10. The highest BCUT2D eigenvalue weighted by Gasteiger charge is 2.41.